The van der Waals surface area contributed by atoms with Crippen molar-refractivity contribution >= 4 is 23.2 Å². The van der Waals surface area contributed by atoms with Crippen LogP contribution in [0.1, 0.15) is 44.6 Å². The van der Waals surface area contributed by atoms with Crippen LogP contribution in [-0.2, 0) is 9.53 Å². The topological polar surface area (TPSA) is 44.8 Å². The van der Waals surface area contributed by atoms with E-state index in [0.29, 0.717) is 12.6 Å². The van der Waals surface area contributed by atoms with Gasteiger partial charge in [-0.1, -0.05) is 17.7 Å². The van der Waals surface area contributed by atoms with Crippen LogP contribution in [0.25, 0.3) is 0 Å². The Bertz CT molecular complexity index is 654. The molecule has 1 saturated heterocycles. The number of nitrogens with zero attached hydrogens (tertiary/aromatic N) is 2. The number of piperazine rings is 1. The summed E-state index contributed by atoms with van der Waals surface area (Å²) >= 11 is 6.29. The second-order valence-corrected chi connectivity index (χ2v) is 8.88. The Labute approximate surface area is 180 Å². The fourth-order valence-electron chi connectivity index (χ4n) is 4.43. The smallest absolute Gasteiger partial charge is 0.246 e. The third-order valence-electron chi connectivity index (χ3n) is 6.40. The summed E-state index contributed by atoms with van der Waals surface area (Å²) < 4.78 is 5.18. The third kappa shape index (κ3) is 6.87. The van der Waals surface area contributed by atoms with Crippen LogP contribution in [0.3, 0.4) is 0 Å². The third-order valence-corrected chi connectivity index (χ3v) is 6.80. The molecule has 6 heteroatoms. The summed E-state index contributed by atoms with van der Waals surface area (Å²) in [5.41, 5.74) is 2.38. The van der Waals surface area contributed by atoms with Gasteiger partial charge < -0.3 is 15.0 Å². The Hall–Kier alpha value is -1.30. The summed E-state index contributed by atoms with van der Waals surface area (Å²) in [5.74, 6) is 0.826. The van der Waals surface area contributed by atoms with Crippen molar-refractivity contribution in [3.05, 3.63) is 28.8 Å². The van der Waals surface area contributed by atoms with Gasteiger partial charge in [0.2, 0.25) is 5.91 Å². The SMILES string of the molecule is CCOCC(=O)NC1CCC(CCN2CCN(c3ccc(C)c(Cl)c3)CC2)CC1. The molecule has 1 amide bonds. The number of ether oxygens (including phenoxy) is 1. The summed E-state index contributed by atoms with van der Waals surface area (Å²) in [6, 6.07) is 6.73. The number of halogens is 1. The Kier molecular flexibility index (Phi) is 8.64. The van der Waals surface area contributed by atoms with Gasteiger partial charge in [0, 0.05) is 49.5 Å². The van der Waals surface area contributed by atoms with E-state index in [4.69, 9.17) is 16.3 Å². The predicted molar refractivity (Wildman–Crippen MR) is 120 cm³/mol. The minimum atomic E-state index is 0.0306. The lowest BCUT2D eigenvalue weighted by Gasteiger charge is -2.37. The van der Waals surface area contributed by atoms with Gasteiger partial charge in [0.05, 0.1) is 0 Å². The van der Waals surface area contributed by atoms with Gasteiger partial charge in [-0.2, -0.15) is 0 Å². The van der Waals surface area contributed by atoms with Crippen molar-refractivity contribution in [2.45, 2.75) is 52.0 Å². The highest BCUT2D eigenvalue weighted by molar-refractivity contribution is 6.31. The molecule has 2 fully saturated rings. The maximum absolute atomic E-state index is 11.8. The molecule has 29 heavy (non-hydrogen) atoms. The van der Waals surface area contributed by atoms with Crippen molar-refractivity contribution in [3.63, 3.8) is 0 Å². The van der Waals surface area contributed by atoms with Gasteiger partial charge >= 0.3 is 0 Å². The average molecular weight is 422 g/mol. The van der Waals surface area contributed by atoms with Gasteiger partial charge in [0.1, 0.15) is 6.61 Å². The molecular weight excluding hydrogens is 386 g/mol. The van der Waals surface area contributed by atoms with Gasteiger partial charge in [-0.15, -0.1) is 0 Å². The van der Waals surface area contributed by atoms with Crippen LogP contribution in [-0.4, -0.2) is 62.8 Å². The first-order chi connectivity index (χ1) is 14.0. The molecule has 1 saturated carbocycles. The van der Waals surface area contributed by atoms with Crippen molar-refractivity contribution in [3.8, 4) is 0 Å². The number of amides is 1. The van der Waals surface area contributed by atoms with Gasteiger partial charge in [0.15, 0.2) is 0 Å². The van der Waals surface area contributed by atoms with Crippen molar-refractivity contribution < 1.29 is 9.53 Å². The Morgan fingerprint density at radius 3 is 2.55 bits per heavy atom. The van der Waals surface area contributed by atoms with E-state index in [1.807, 2.05) is 13.8 Å². The molecule has 2 aliphatic rings. The van der Waals surface area contributed by atoms with E-state index in [2.05, 4.69) is 33.3 Å². The molecule has 1 N–H and O–H groups in total. The molecular formula is C23H36ClN3O2. The van der Waals surface area contributed by atoms with Crippen LogP contribution >= 0.6 is 11.6 Å². The quantitative estimate of drug-likeness (QED) is 0.692. The van der Waals surface area contributed by atoms with Gasteiger partial charge in [-0.3, -0.25) is 9.69 Å². The van der Waals surface area contributed by atoms with Crippen LogP contribution in [0.5, 0.6) is 0 Å². The van der Waals surface area contributed by atoms with Crippen molar-refractivity contribution in [2.75, 3.05) is 50.8 Å². The molecule has 1 aliphatic carbocycles. The van der Waals surface area contributed by atoms with Crippen LogP contribution in [0.4, 0.5) is 5.69 Å². The number of nitrogens with one attached hydrogen (secondary N) is 1. The molecule has 0 spiro atoms. The maximum Gasteiger partial charge on any atom is 0.246 e. The van der Waals surface area contributed by atoms with E-state index in [1.165, 1.54) is 31.5 Å². The minimum Gasteiger partial charge on any atom is -0.372 e. The molecule has 0 unspecified atom stereocenters. The summed E-state index contributed by atoms with van der Waals surface area (Å²) in [5, 5.41) is 3.97. The normalized spacial score (nSPS) is 23.2. The van der Waals surface area contributed by atoms with Gasteiger partial charge in [0.25, 0.3) is 0 Å². The molecule has 0 aromatic heterocycles. The first-order valence-electron chi connectivity index (χ1n) is 11.2. The highest BCUT2D eigenvalue weighted by atomic mass is 35.5. The van der Waals surface area contributed by atoms with Crippen molar-refractivity contribution in [1.82, 2.24) is 10.2 Å². The van der Waals surface area contributed by atoms with Gasteiger partial charge in [-0.25, -0.2) is 0 Å². The summed E-state index contributed by atoms with van der Waals surface area (Å²) in [4.78, 5) is 16.8. The molecule has 0 bridgehead atoms. The van der Waals surface area contributed by atoms with E-state index in [0.717, 1.165) is 55.5 Å². The van der Waals surface area contributed by atoms with E-state index in [-0.39, 0.29) is 12.5 Å². The Morgan fingerprint density at radius 1 is 1.17 bits per heavy atom. The number of carbonyl (C=O) groups excluding carboxylic acids is 1. The number of anilines is 1. The van der Waals surface area contributed by atoms with E-state index < -0.39 is 0 Å². The molecule has 3 rings (SSSR count). The number of hydrogen-bond donors (Lipinski definition) is 1. The fourth-order valence-corrected chi connectivity index (χ4v) is 4.61. The Morgan fingerprint density at radius 2 is 1.90 bits per heavy atom. The molecule has 0 radical (unpaired) electrons. The van der Waals surface area contributed by atoms with Crippen LogP contribution in [0.2, 0.25) is 5.02 Å². The number of hydrogen-bond acceptors (Lipinski definition) is 4. The monoisotopic (exact) mass is 421 g/mol. The van der Waals surface area contributed by atoms with Crippen molar-refractivity contribution in [2.24, 2.45) is 5.92 Å². The van der Waals surface area contributed by atoms with E-state index >= 15 is 0 Å². The maximum atomic E-state index is 11.8. The molecule has 162 valence electrons. The summed E-state index contributed by atoms with van der Waals surface area (Å²) in [7, 11) is 0. The molecule has 0 atom stereocenters. The Balaban J connectivity index is 1.32. The lowest BCUT2D eigenvalue weighted by Crippen LogP contribution is -2.47. The fraction of sp³-hybridized carbons (Fsp3) is 0.696. The summed E-state index contributed by atoms with van der Waals surface area (Å²) in [6.45, 7) is 10.3. The zero-order valence-corrected chi connectivity index (χ0v) is 18.7. The number of carbonyl (C=O) groups is 1. The zero-order chi connectivity index (χ0) is 20.6. The largest absolute Gasteiger partial charge is 0.372 e. The molecule has 5 nitrogen and oxygen atoms in total. The zero-order valence-electron chi connectivity index (χ0n) is 18.0. The van der Waals surface area contributed by atoms with Crippen LogP contribution in [0, 0.1) is 12.8 Å². The minimum absolute atomic E-state index is 0.0306. The number of aryl methyl sites for hydroxylation is 1. The molecule has 1 aromatic rings. The highest BCUT2D eigenvalue weighted by Gasteiger charge is 2.24. The first-order valence-corrected chi connectivity index (χ1v) is 11.5. The van der Waals surface area contributed by atoms with E-state index in [9.17, 15) is 4.79 Å². The van der Waals surface area contributed by atoms with Crippen LogP contribution in [0.15, 0.2) is 18.2 Å². The second-order valence-electron chi connectivity index (χ2n) is 8.47. The predicted octanol–water partition coefficient (Wildman–Crippen LogP) is 3.87. The molecule has 1 aromatic carbocycles. The average Bonchev–Trinajstić information content (AvgIpc) is 2.74. The van der Waals surface area contributed by atoms with Gasteiger partial charge in [-0.05, 0) is 76.1 Å². The molecule has 1 aliphatic heterocycles. The lowest BCUT2D eigenvalue weighted by atomic mass is 9.84. The van der Waals surface area contributed by atoms with Crippen molar-refractivity contribution in [1.29, 1.82) is 0 Å². The first kappa shape index (κ1) is 22.4. The highest BCUT2D eigenvalue weighted by Crippen LogP contribution is 2.28. The van der Waals surface area contributed by atoms with Crippen LogP contribution < -0.4 is 10.2 Å². The number of benzene rings is 1. The summed E-state index contributed by atoms with van der Waals surface area (Å²) in [6.07, 6.45) is 5.92. The van der Waals surface area contributed by atoms with E-state index in [1.54, 1.807) is 0 Å². The number of rotatable bonds is 8. The molecule has 1 heterocycles. The lowest BCUT2D eigenvalue weighted by molar-refractivity contribution is -0.126. The standard InChI is InChI=1S/C23H36ClN3O2/c1-3-29-17-23(28)25-20-7-5-19(6-8-20)10-11-26-12-14-27(15-13-26)21-9-4-18(2)22(24)16-21/h4,9,16,19-20H,3,5-8,10-15,17H2,1-2H3,(H,25,28). The second kappa shape index (κ2) is 11.2.